The molecule has 0 aliphatic carbocycles. The minimum atomic E-state index is -0.729. The zero-order chi connectivity index (χ0) is 14.2. The average molecular weight is 258 g/mol. The maximum atomic E-state index is 11.9. The summed E-state index contributed by atoms with van der Waals surface area (Å²) in [5, 5.41) is 9.78. The summed E-state index contributed by atoms with van der Waals surface area (Å²) in [6.45, 7) is 10.3. The van der Waals surface area contributed by atoms with Crippen LogP contribution in [0.3, 0.4) is 0 Å². The van der Waals surface area contributed by atoms with Crippen LogP contribution in [-0.2, 0) is 4.79 Å². The lowest BCUT2D eigenvalue weighted by Gasteiger charge is -2.44. The molecular formula is C14H30N2O2. The normalized spacial score (nSPS) is 16.6. The van der Waals surface area contributed by atoms with Crippen molar-refractivity contribution in [1.82, 2.24) is 4.90 Å². The maximum Gasteiger partial charge on any atom is 0.324 e. The van der Waals surface area contributed by atoms with Crippen LogP contribution in [0.1, 0.15) is 53.4 Å². The largest absolute Gasteiger partial charge is 0.480 e. The number of likely N-dealkylation sites (N-methyl/N-ethyl adjacent to an activating group) is 1. The van der Waals surface area contributed by atoms with E-state index in [0.29, 0.717) is 13.0 Å². The Morgan fingerprint density at radius 2 is 1.83 bits per heavy atom. The van der Waals surface area contributed by atoms with Crippen LogP contribution >= 0.6 is 0 Å². The highest BCUT2D eigenvalue weighted by Gasteiger charge is 2.46. The van der Waals surface area contributed by atoms with E-state index in [1.54, 1.807) is 0 Å². The van der Waals surface area contributed by atoms with E-state index < -0.39 is 11.5 Å². The van der Waals surface area contributed by atoms with E-state index in [1.807, 2.05) is 20.8 Å². The van der Waals surface area contributed by atoms with E-state index in [1.165, 1.54) is 0 Å². The molecule has 2 unspecified atom stereocenters. The highest BCUT2D eigenvalue weighted by Crippen LogP contribution is 2.34. The van der Waals surface area contributed by atoms with Crippen LogP contribution in [0.15, 0.2) is 0 Å². The Balaban J connectivity index is 5.32. The van der Waals surface area contributed by atoms with Crippen molar-refractivity contribution in [2.75, 3.05) is 19.6 Å². The summed E-state index contributed by atoms with van der Waals surface area (Å²) in [5.74, 6) is -0.513. The molecule has 0 spiro atoms. The predicted molar refractivity (Wildman–Crippen MR) is 75.6 cm³/mol. The lowest BCUT2D eigenvalue weighted by molar-refractivity contribution is -0.157. The van der Waals surface area contributed by atoms with Crippen LogP contribution in [0.2, 0.25) is 0 Å². The van der Waals surface area contributed by atoms with Crippen molar-refractivity contribution in [3.05, 3.63) is 0 Å². The maximum absolute atomic E-state index is 11.9. The second-order valence-electron chi connectivity index (χ2n) is 4.79. The third-order valence-electron chi connectivity index (χ3n) is 4.16. The minimum absolute atomic E-state index is 0.170. The zero-order valence-electron chi connectivity index (χ0n) is 12.4. The molecular weight excluding hydrogens is 228 g/mol. The summed E-state index contributed by atoms with van der Waals surface area (Å²) >= 11 is 0. The second kappa shape index (κ2) is 8.48. The number of aliphatic carboxylic acids is 1. The lowest BCUT2D eigenvalue weighted by Crippen LogP contribution is -2.59. The molecule has 0 bridgehead atoms. The molecule has 4 nitrogen and oxygen atoms in total. The summed E-state index contributed by atoms with van der Waals surface area (Å²) in [5.41, 5.74) is 4.84. The van der Waals surface area contributed by atoms with Gasteiger partial charge in [-0.05, 0) is 44.8 Å². The molecule has 18 heavy (non-hydrogen) atoms. The molecule has 0 aromatic carbocycles. The number of nitrogens with two attached hydrogens (primary N) is 1. The average Bonchev–Trinajstić information content (AvgIpc) is 2.37. The number of carboxylic acid groups (broad SMARTS) is 1. The summed E-state index contributed by atoms with van der Waals surface area (Å²) < 4.78 is 0. The van der Waals surface area contributed by atoms with Crippen LogP contribution < -0.4 is 5.73 Å². The van der Waals surface area contributed by atoms with Crippen LogP contribution in [0.4, 0.5) is 0 Å². The molecule has 3 N–H and O–H groups in total. The van der Waals surface area contributed by atoms with Gasteiger partial charge in [0.2, 0.25) is 0 Å². The molecule has 0 amide bonds. The first-order valence-electron chi connectivity index (χ1n) is 7.23. The Morgan fingerprint density at radius 1 is 1.28 bits per heavy atom. The van der Waals surface area contributed by atoms with Gasteiger partial charge in [-0.2, -0.15) is 0 Å². The molecule has 0 aromatic heterocycles. The monoisotopic (exact) mass is 258 g/mol. The van der Waals surface area contributed by atoms with Gasteiger partial charge in [0.15, 0.2) is 0 Å². The van der Waals surface area contributed by atoms with E-state index in [4.69, 9.17) is 5.73 Å². The molecule has 0 heterocycles. The first-order chi connectivity index (χ1) is 8.54. The summed E-state index contributed by atoms with van der Waals surface area (Å²) in [6.07, 6.45) is 3.32. The van der Waals surface area contributed by atoms with E-state index in [9.17, 15) is 9.90 Å². The van der Waals surface area contributed by atoms with Gasteiger partial charge in [-0.25, -0.2) is 0 Å². The standard InChI is InChI=1S/C14H30N2O2/c1-5-12(10-9-11-15)14(6-2,13(17)18)16(7-3)8-4/h12H,5-11,15H2,1-4H3,(H,17,18). The molecule has 4 heteroatoms. The Bertz CT molecular complexity index is 242. The Kier molecular flexibility index (Phi) is 8.20. The first-order valence-corrected chi connectivity index (χ1v) is 7.23. The molecule has 0 aromatic rings. The number of carboxylic acids is 1. The van der Waals surface area contributed by atoms with E-state index in [2.05, 4.69) is 11.8 Å². The van der Waals surface area contributed by atoms with Crippen LogP contribution in [0, 0.1) is 5.92 Å². The second-order valence-corrected chi connectivity index (χ2v) is 4.79. The molecule has 0 saturated carbocycles. The molecule has 0 aliphatic rings. The third-order valence-corrected chi connectivity index (χ3v) is 4.16. The minimum Gasteiger partial charge on any atom is -0.480 e. The van der Waals surface area contributed by atoms with Crippen molar-refractivity contribution in [3.8, 4) is 0 Å². The van der Waals surface area contributed by atoms with Crippen molar-refractivity contribution in [3.63, 3.8) is 0 Å². The number of nitrogens with zero attached hydrogens (tertiary/aromatic N) is 1. The van der Waals surface area contributed by atoms with E-state index >= 15 is 0 Å². The van der Waals surface area contributed by atoms with Gasteiger partial charge in [-0.1, -0.05) is 34.1 Å². The van der Waals surface area contributed by atoms with Crippen molar-refractivity contribution in [2.24, 2.45) is 11.7 Å². The Hall–Kier alpha value is -0.610. The van der Waals surface area contributed by atoms with E-state index in [-0.39, 0.29) is 5.92 Å². The van der Waals surface area contributed by atoms with Gasteiger partial charge in [-0.3, -0.25) is 9.69 Å². The molecule has 0 saturated heterocycles. The zero-order valence-corrected chi connectivity index (χ0v) is 12.4. The number of rotatable bonds is 10. The van der Waals surface area contributed by atoms with Gasteiger partial charge in [0.25, 0.3) is 0 Å². The first kappa shape index (κ1) is 17.4. The molecule has 0 rings (SSSR count). The quantitative estimate of drug-likeness (QED) is 0.631. The third kappa shape index (κ3) is 3.45. The van der Waals surface area contributed by atoms with Crippen LogP contribution in [0.5, 0.6) is 0 Å². The summed E-state index contributed by atoms with van der Waals surface area (Å²) in [4.78, 5) is 14.0. The molecule has 0 radical (unpaired) electrons. The van der Waals surface area contributed by atoms with Crippen LogP contribution in [-0.4, -0.2) is 41.1 Å². The van der Waals surface area contributed by atoms with Crippen molar-refractivity contribution in [1.29, 1.82) is 0 Å². The highest BCUT2D eigenvalue weighted by molar-refractivity contribution is 5.79. The fourth-order valence-corrected chi connectivity index (χ4v) is 3.16. The summed E-state index contributed by atoms with van der Waals surface area (Å²) in [6, 6.07) is 0. The Morgan fingerprint density at radius 3 is 2.11 bits per heavy atom. The van der Waals surface area contributed by atoms with Gasteiger partial charge in [0.1, 0.15) is 5.54 Å². The molecule has 0 aliphatic heterocycles. The van der Waals surface area contributed by atoms with Gasteiger partial charge in [0.05, 0.1) is 0 Å². The van der Waals surface area contributed by atoms with Gasteiger partial charge in [-0.15, -0.1) is 0 Å². The molecule has 0 fully saturated rings. The summed E-state index contributed by atoms with van der Waals surface area (Å²) in [7, 11) is 0. The predicted octanol–water partition coefficient (Wildman–Crippen LogP) is 2.33. The van der Waals surface area contributed by atoms with Gasteiger partial charge < -0.3 is 10.8 Å². The number of carbonyl (C=O) groups is 1. The number of hydrogen-bond donors (Lipinski definition) is 2. The van der Waals surface area contributed by atoms with Crippen molar-refractivity contribution < 1.29 is 9.90 Å². The topological polar surface area (TPSA) is 66.6 Å². The number of hydrogen-bond acceptors (Lipinski definition) is 3. The SMILES string of the molecule is CCC(CCCN)C(CC)(C(=O)O)N(CC)CC. The molecule has 108 valence electrons. The highest BCUT2D eigenvalue weighted by atomic mass is 16.4. The smallest absolute Gasteiger partial charge is 0.324 e. The van der Waals surface area contributed by atoms with Gasteiger partial charge in [0, 0.05) is 0 Å². The van der Waals surface area contributed by atoms with E-state index in [0.717, 1.165) is 32.4 Å². The van der Waals surface area contributed by atoms with Crippen molar-refractivity contribution in [2.45, 2.75) is 58.9 Å². The molecule has 2 atom stereocenters. The fourth-order valence-electron chi connectivity index (χ4n) is 3.16. The fraction of sp³-hybridized carbons (Fsp3) is 0.929. The Labute approximate surface area is 112 Å². The lowest BCUT2D eigenvalue weighted by atomic mass is 9.75. The van der Waals surface area contributed by atoms with Crippen molar-refractivity contribution >= 4 is 5.97 Å². The van der Waals surface area contributed by atoms with Crippen LogP contribution in [0.25, 0.3) is 0 Å². The van der Waals surface area contributed by atoms with Gasteiger partial charge >= 0.3 is 5.97 Å².